The van der Waals surface area contributed by atoms with Crippen molar-refractivity contribution in [2.75, 3.05) is 13.1 Å². The lowest BCUT2D eigenvalue weighted by atomic mass is 10.0. The molecule has 0 bridgehead atoms. The molecule has 2 aromatic rings. The second-order valence-corrected chi connectivity index (χ2v) is 5.79. The maximum atomic E-state index is 2.70. The molecule has 0 spiro atoms. The summed E-state index contributed by atoms with van der Waals surface area (Å²) in [6, 6.07) is 9.70. The van der Waals surface area contributed by atoms with Crippen molar-refractivity contribution in [3.05, 3.63) is 35.5 Å². The number of benzene rings is 1. The number of hydrogen-bond donors (Lipinski definition) is 0. The molecule has 1 unspecified atom stereocenters. The van der Waals surface area contributed by atoms with Gasteiger partial charge in [0.15, 0.2) is 0 Å². The van der Waals surface area contributed by atoms with E-state index in [0.29, 0.717) is 0 Å². The highest BCUT2D eigenvalue weighted by atomic mass is 15.2. The summed E-state index contributed by atoms with van der Waals surface area (Å²) in [7, 11) is 2.23. The zero-order valence-corrected chi connectivity index (χ0v) is 11.0. The Morgan fingerprint density at radius 3 is 3.00 bits per heavy atom. The van der Waals surface area contributed by atoms with Crippen LogP contribution in [-0.2, 0) is 19.9 Å². The molecule has 0 radical (unpaired) electrons. The van der Waals surface area contributed by atoms with Gasteiger partial charge in [-0.05, 0) is 37.4 Å². The van der Waals surface area contributed by atoms with Crippen molar-refractivity contribution in [1.29, 1.82) is 0 Å². The smallest absolute Gasteiger partial charge is 0.0482 e. The highest BCUT2D eigenvalue weighted by Gasteiger charge is 2.30. The predicted octanol–water partition coefficient (Wildman–Crippen LogP) is 2.74. The molecular weight excluding hydrogens is 220 g/mol. The van der Waals surface area contributed by atoms with E-state index in [2.05, 4.69) is 40.8 Å². The molecule has 1 aromatic carbocycles. The average Bonchev–Trinajstić information content (AvgIpc) is 2.89. The van der Waals surface area contributed by atoms with Gasteiger partial charge in [-0.25, -0.2) is 0 Å². The van der Waals surface area contributed by atoms with Crippen molar-refractivity contribution >= 4 is 10.9 Å². The second-order valence-electron chi connectivity index (χ2n) is 5.79. The van der Waals surface area contributed by atoms with E-state index >= 15 is 0 Å². The molecule has 2 aliphatic heterocycles. The molecule has 2 nitrogen and oxygen atoms in total. The van der Waals surface area contributed by atoms with Crippen molar-refractivity contribution in [3.8, 4) is 0 Å². The summed E-state index contributed by atoms with van der Waals surface area (Å²) in [5, 5.41) is 1.49. The first kappa shape index (κ1) is 10.6. The fourth-order valence-corrected chi connectivity index (χ4v) is 3.98. The summed E-state index contributed by atoms with van der Waals surface area (Å²) in [6.07, 6.45) is 5.27. The Kier molecular flexibility index (Phi) is 2.28. The standard InChI is InChI=1S/C16H20N2/c1-17-15-7-3-2-6-13(15)14-11-12-5-4-9-18(12)10-8-16(14)17/h2-3,6-7,12H,4-5,8-11H2,1H3. The summed E-state index contributed by atoms with van der Waals surface area (Å²) in [6.45, 7) is 2.57. The van der Waals surface area contributed by atoms with Crippen LogP contribution in [0.15, 0.2) is 24.3 Å². The number of aromatic nitrogens is 1. The van der Waals surface area contributed by atoms with Gasteiger partial charge in [0.25, 0.3) is 0 Å². The predicted molar refractivity (Wildman–Crippen MR) is 74.9 cm³/mol. The van der Waals surface area contributed by atoms with Crippen molar-refractivity contribution in [3.63, 3.8) is 0 Å². The van der Waals surface area contributed by atoms with Crippen LogP contribution >= 0.6 is 0 Å². The lowest BCUT2D eigenvalue weighted by Crippen LogP contribution is -2.30. The third-order valence-corrected chi connectivity index (χ3v) is 4.92. The van der Waals surface area contributed by atoms with Crippen LogP contribution in [0.5, 0.6) is 0 Å². The molecule has 2 aliphatic rings. The normalized spacial score (nSPS) is 23.9. The molecule has 0 amide bonds. The molecule has 0 saturated carbocycles. The molecule has 4 rings (SSSR count). The first-order valence-electron chi connectivity index (χ1n) is 7.14. The topological polar surface area (TPSA) is 8.17 Å². The van der Waals surface area contributed by atoms with Gasteiger partial charge in [-0.3, -0.25) is 4.90 Å². The van der Waals surface area contributed by atoms with Gasteiger partial charge in [-0.2, -0.15) is 0 Å². The van der Waals surface area contributed by atoms with E-state index in [1.807, 2.05) is 0 Å². The molecule has 1 atom stereocenters. The van der Waals surface area contributed by atoms with Crippen LogP contribution in [0.3, 0.4) is 0 Å². The molecule has 18 heavy (non-hydrogen) atoms. The third-order valence-electron chi connectivity index (χ3n) is 4.92. The van der Waals surface area contributed by atoms with Crippen molar-refractivity contribution in [1.82, 2.24) is 9.47 Å². The Morgan fingerprint density at radius 2 is 2.06 bits per heavy atom. The summed E-state index contributed by atoms with van der Waals surface area (Å²) in [4.78, 5) is 2.70. The van der Waals surface area contributed by atoms with Crippen molar-refractivity contribution in [2.24, 2.45) is 7.05 Å². The largest absolute Gasteiger partial charge is 0.347 e. The summed E-state index contributed by atoms with van der Waals surface area (Å²) in [5.74, 6) is 0. The molecule has 1 saturated heterocycles. The van der Waals surface area contributed by atoms with E-state index in [1.165, 1.54) is 49.7 Å². The van der Waals surface area contributed by atoms with Gasteiger partial charge in [-0.1, -0.05) is 18.2 Å². The van der Waals surface area contributed by atoms with Gasteiger partial charge in [-0.15, -0.1) is 0 Å². The van der Waals surface area contributed by atoms with E-state index in [9.17, 15) is 0 Å². The molecule has 2 heteroatoms. The maximum absolute atomic E-state index is 2.70. The zero-order chi connectivity index (χ0) is 12.1. The van der Waals surface area contributed by atoms with Gasteiger partial charge in [0.2, 0.25) is 0 Å². The van der Waals surface area contributed by atoms with Crippen LogP contribution in [0.25, 0.3) is 10.9 Å². The zero-order valence-electron chi connectivity index (χ0n) is 11.0. The first-order chi connectivity index (χ1) is 8.84. The number of rotatable bonds is 0. The Morgan fingerprint density at radius 1 is 1.17 bits per heavy atom. The van der Waals surface area contributed by atoms with E-state index in [1.54, 1.807) is 11.3 Å². The van der Waals surface area contributed by atoms with Crippen molar-refractivity contribution < 1.29 is 0 Å². The molecule has 3 heterocycles. The maximum Gasteiger partial charge on any atom is 0.0482 e. The van der Waals surface area contributed by atoms with E-state index in [-0.39, 0.29) is 0 Å². The molecule has 1 aromatic heterocycles. The first-order valence-corrected chi connectivity index (χ1v) is 7.14. The third kappa shape index (κ3) is 1.39. The van der Waals surface area contributed by atoms with Crippen LogP contribution in [-0.4, -0.2) is 28.6 Å². The number of nitrogens with zero attached hydrogens (tertiary/aromatic N) is 2. The SMILES string of the molecule is Cn1c2c(c3ccccc31)CC1CCCN1CC2. The highest BCUT2D eigenvalue weighted by molar-refractivity contribution is 5.85. The minimum atomic E-state index is 0.803. The lowest BCUT2D eigenvalue weighted by molar-refractivity contribution is 0.263. The number of fused-ring (bicyclic) bond motifs is 4. The molecular formula is C16H20N2. The van der Waals surface area contributed by atoms with E-state index in [4.69, 9.17) is 0 Å². The highest BCUT2D eigenvalue weighted by Crippen LogP contribution is 2.33. The van der Waals surface area contributed by atoms with Crippen LogP contribution in [0, 0.1) is 0 Å². The van der Waals surface area contributed by atoms with Gasteiger partial charge in [0.05, 0.1) is 0 Å². The molecule has 94 valence electrons. The molecule has 1 fully saturated rings. The van der Waals surface area contributed by atoms with Crippen molar-refractivity contribution in [2.45, 2.75) is 31.7 Å². The lowest BCUT2D eigenvalue weighted by Gasteiger charge is -2.21. The summed E-state index contributed by atoms with van der Waals surface area (Å²) in [5.41, 5.74) is 4.61. The monoisotopic (exact) mass is 240 g/mol. The Labute approximate surface area is 108 Å². The van der Waals surface area contributed by atoms with E-state index in [0.717, 1.165) is 6.04 Å². The Bertz CT molecular complexity index is 596. The minimum Gasteiger partial charge on any atom is -0.347 e. The van der Waals surface area contributed by atoms with E-state index < -0.39 is 0 Å². The quantitative estimate of drug-likeness (QED) is 0.687. The number of hydrogen-bond acceptors (Lipinski definition) is 1. The summed E-state index contributed by atoms with van der Waals surface area (Å²) >= 11 is 0. The fraction of sp³-hybridized carbons (Fsp3) is 0.500. The minimum absolute atomic E-state index is 0.803. The Hall–Kier alpha value is -1.28. The fourth-order valence-electron chi connectivity index (χ4n) is 3.98. The van der Waals surface area contributed by atoms with Gasteiger partial charge >= 0.3 is 0 Å². The second kappa shape index (κ2) is 3.86. The van der Waals surface area contributed by atoms with Crippen LogP contribution < -0.4 is 0 Å². The van der Waals surface area contributed by atoms with Crippen LogP contribution in [0.4, 0.5) is 0 Å². The molecule has 0 N–H and O–H groups in total. The summed E-state index contributed by atoms with van der Waals surface area (Å²) < 4.78 is 2.42. The number of para-hydroxylation sites is 1. The van der Waals surface area contributed by atoms with Crippen LogP contribution in [0.2, 0.25) is 0 Å². The average molecular weight is 240 g/mol. The number of aryl methyl sites for hydroxylation is 1. The molecule has 0 aliphatic carbocycles. The van der Waals surface area contributed by atoms with Gasteiger partial charge in [0, 0.05) is 42.7 Å². The Balaban J connectivity index is 1.90. The van der Waals surface area contributed by atoms with Crippen LogP contribution in [0.1, 0.15) is 24.1 Å². The van der Waals surface area contributed by atoms with Gasteiger partial charge in [0.1, 0.15) is 0 Å². The van der Waals surface area contributed by atoms with Gasteiger partial charge < -0.3 is 4.57 Å².